The van der Waals surface area contributed by atoms with Crippen molar-refractivity contribution < 1.29 is 19.0 Å². The van der Waals surface area contributed by atoms with Crippen LogP contribution >= 0.6 is 0 Å². The molecule has 0 aromatic carbocycles. The Morgan fingerprint density at radius 1 is 1.28 bits per heavy atom. The van der Waals surface area contributed by atoms with E-state index < -0.39 is 5.60 Å². The van der Waals surface area contributed by atoms with Gasteiger partial charge in [-0.3, -0.25) is 4.79 Å². The second-order valence-corrected chi connectivity index (χ2v) is 5.77. The normalized spacial score (nSPS) is 22.9. The van der Waals surface area contributed by atoms with Gasteiger partial charge in [-0.05, 0) is 33.6 Å². The van der Waals surface area contributed by atoms with Gasteiger partial charge in [-0.2, -0.15) is 0 Å². The molecular weight excluding hydrogens is 232 g/mol. The molecule has 1 aliphatic rings. The molecule has 0 saturated carbocycles. The van der Waals surface area contributed by atoms with Gasteiger partial charge in [0.1, 0.15) is 11.7 Å². The molecule has 1 aliphatic heterocycles. The molecule has 0 amide bonds. The fourth-order valence-corrected chi connectivity index (χ4v) is 1.68. The average Bonchev–Trinajstić information content (AvgIpc) is 2.98. The van der Waals surface area contributed by atoms with Gasteiger partial charge in [0.25, 0.3) is 0 Å². The lowest BCUT2D eigenvalue weighted by molar-refractivity contribution is -0.155. The van der Waals surface area contributed by atoms with Crippen molar-refractivity contribution in [1.29, 1.82) is 0 Å². The highest BCUT2D eigenvalue weighted by Gasteiger charge is 2.38. The Morgan fingerprint density at radius 2 is 2.00 bits per heavy atom. The van der Waals surface area contributed by atoms with Crippen LogP contribution in [0.15, 0.2) is 0 Å². The summed E-state index contributed by atoms with van der Waals surface area (Å²) in [6.45, 7) is 9.23. The van der Waals surface area contributed by atoms with Crippen LogP contribution in [0.1, 0.15) is 53.4 Å². The van der Waals surface area contributed by atoms with Crippen molar-refractivity contribution in [1.82, 2.24) is 0 Å². The van der Waals surface area contributed by atoms with Crippen molar-refractivity contribution in [2.45, 2.75) is 71.2 Å². The van der Waals surface area contributed by atoms with E-state index in [1.165, 1.54) is 0 Å². The van der Waals surface area contributed by atoms with Crippen LogP contribution in [0.5, 0.6) is 0 Å². The summed E-state index contributed by atoms with van der Waals surface area (Å²) < 4.78 is 16.2. The number of hydrogen-bond donors (Lipinski definition) is 0. The molecule has 0 aromatic rings. The molecule has 1 rings (SSSR count). The van der Waals surface area contributed by atoms with Gasteiger partial charge in [0.05, 0.1) is 12.7 Å². The Balaban J connectivity index is 2.00. The van der Waals surface area contributed by atoms with Crippen molar-refractivity contribution >= 4 is 5.97 Å². The summed E-state index contributed by atoms with van der Waals surface area (Å²) in [6.07, 6.45) is 3.76. The molecule has 0 bridgehead atoms. The van der Waals surface area contributed by atoms with E-state index in [0.717, 1.165) is 25.9 Å². The zero-order valence-electron chi connectivity index (χ0n) is 12.0. The van der Waals surface area contributed by atoms with E-state index in [9.17, 15) is 4.79 Å². The largest absolute Gasteiger partial charge is 0.460 e. The third-order valence-electron chi connectivity index (χ3n) is 2.66. The lowest BCUT2D eigenvalue weighted by Gasteiger charge is -2.19. The number of epoxide rings is 1. The SMILES string of the molecule is CCCCOCC1OC1CCC(=O)OC(C)(C)C. The second kappa shape index (κ2) is 7.10. The molecule has 2 unspecified atom stereocenters. The first kappa shape index (κ1) is 15.4. The third-order valence-corrected chi connectivity index (χ3v) is 2.66. The molecule has 1 heterocycles. The lowest BCUT2D eigenvalue weighted by Crippen LogP contribution is -2.24. The number of unbranched alkanes of at least 4 members (excludes halogenated alkanes) is 1. The molecule has 18 heavy (non-hydrogen) atoms. The summed E-state index contributed by atoms with van der Waals surface area (Å²) >= 11 is 0. The number of carbonyl (C=O) groups excluding carboxylic acids is 1. The van der Waals surface area contributed by atoms with Gasteiger partial charge in [-0.25, -0.2) is 0 Å². The highest BCUT2D eigenvalue weighted by Crippen LogP contribution is 2.27. The predicted molar refractivity (Wildman–Crippen MR) is 69.5 cm³/mol. The maximum Gasteiger partial charge on any atom is 0.306 e. The van der Waals surface area contributed by atoms with Crippen LogP contribution < -0.4 is 0 Å². The minimum atomic E-state index is -0.399. The van der Waals surface area contributed by atoms with E-state index in [1.807, 2.05) is 20.8 Å². The van der Waals surface area contributed by atoms with E-state index in [0.29, 0.717) is 13.0 Å². The van der Waals surface area contributed by atoms with Crippen LogP contribution in [0.4, 0.5) is 0 Å². The first-order valence-corrected chi connectivity index (χ1v) is 6.87. The third kappa shape index (κ3) is 6.97. The number of rotatable bonds is 8. The molecule has 2 atom stereocenters. The summed E-state index contributed by atoms with van der Waals surface area (Å²) in [6, 6.07) is 0. The Morgan fingerprint density at radius 3 is 2.61 bits per heavy atom. The molecule has 0 spiro atoms. The highest BCUT2D eigenvalue weighted by molar-refractivity contribution is 5.69. The molecule has 0 N–H and O–H groups in total. The van der Waals surface area contributed by atoms with Gasteiger partial charge >= 0.3 is 5.97 Å². The van der Waals surface area contributed by atoms with E-state index in [2.05, 4.69) is 6.92 Å². The lowest BCUT2D eigenvalue weighted by atomic mass is 10.1. The Bertz CT molecular complexity index is 257. The second-order valence-electron chi connectivity index (χ2n) is 5.77. The van der Waals surface area contributed by atoms with Crippen molar-refractivity contribution in [2.75, 3.05) is 13.2 Å². The zero-order valence-corrected chi connectivity index (χ0v) is 12.0. The molecular formula is C14H26O4. The number of carbonyl (C=O) groups is 1. The Kier molecular flexibility index (Phi) is 6.09. The zero-order chi connectivity index (χ0) is 13.6. The molecule has 0 aromatic heterocycles. The molecule has 4 nitrogen and oxygen atoms in total. The predicted octanol–water partition coefficient (Wildman–Crippen LogP) is 2.69. The monoisotopic (exact) mass is 258 g/mol. The molecule has 0 radical (unpaired) electrons. The van der Waals surface area contributed by atoms with Gasteiger partial charge in [0.15, 0.2) is 0 Å². The minimum Gasteiger partial charge on any atom is -0.460 e. The maximum absolute atomic E-state index is 11.5. The number of hydrogen-bond acceptors (Lipinski definition) is 4. The summed E-state index contributed by atoms with van der Waals surface area (Å²) in [5.74, 6) is -0.149. The first-order chi connectivity index (χ1) is 8.42. The van der Waals surface area contributed by atoms with Crippen LogP contribution in [0, 0.1) is 0 Å². The topological polar surface area (TPSA) is 48.1 Å². The Hall–Kier alpha value is -0.610. The molecule has 1 saturated heterocycles. The first-order valence-electron chi connectivity index (χ1n) is 6.87. The smallest absolute Gasteiger partial charge is 0.306 e. The van der Waals surface area contributed by atoms with Crippen LogP contribution in [0.2, 0.25) is 0 Å². The highest BCUT2D eigenvalue weighted by atomic mass is 16.6. The van der Waals surface area contributed by atoms with Crippen molar-refractivity contribution in [2.24, 2.45) is 0 Å². The maximum atomic E-state index is 11.5. The van der Waals surface area contributed by atoms with E-state index in [4.69, 9.17) is 14.2 Å². The van der Waals surface area contributed by atoms with Gasteiger partial charge in [0, 0.05) is 13.0 Å². The quantitative estimate of drug-likeness (QED) is 0.381. The van der Waals surface area contributed by atoms with E-state index >= 15 is 0 Å². The number of ether oxygens (including phenoxy) is 3. The van der Waals surface area contributed by atoms with Gasteiger partial charge in [0.2, 0.25) is 0 Å². The molecule has 106 valence electrons. The van der Waals surface area contributed by atoms with Crippen molar-refractivity contribution in [3.63, 3.8) is 0 Å². The molecule has 1 fully saturated rings. The van der Waals surface area contributed by atoms with Crippen LogP contribution in [0.3, 0.4) is 0 Å². The van der Waals surface area contributed by atoms with Crippen molar-refractivity contribution in [3.05, 3.63) is 0 Å². The average molecular weight is 258 g/mol. The van der Waals surface area contributed by atoms with Crippen LogP contribution in [-0.4, -0.2) is 37.0 Å². The molecule has 0 aliphatic carbocycles. The van der Waals surface area contributed by atoms with Crippen molar-refractivity contribution in [3.8, 4) is 0 Å². The van der Waals surface area contributed by atoms with Gasteiger partial charge in [-0.15, -0.1) is 0 Å². The van der Waals surface area contributed by atoms with Crippen LogP contribution in [0.25, 0.3) is 0 Å². The van der Waals surface area contributed by atoms with E-state index in [-0.39, 0.29) is 18.2 Å². The minimum absolute atomic E-state index is 0.149. The summed E-state index contributed by atoms with van der Waals surface area (Å²) in [7, 11) is 0. The standard InChI is InChI=1S/C14H26O4/c1-5-6-9-16-10-12-11(17-12)7-8-13(15)18-14(2,3)4/h11-12H,5-10H2,1-4H3. The number of esters is 1. The van der Waals surface area contributed by atoms with Gasteiger partial charge < -0.3 is 14.2 Å². The summed E-state index contributed by atoms with van der Waals surface area (Å²) in [4.78, 5) is 11.5. The van der Waals surface area contributed by atoms with E-state index in [1.54, 1.807) is 0 Å². The summed E-state index contributed by atoms with van der Waals surface area (Å²) in [5.41, 5.74) is -0.399. The fraction of sp³-hybridized carbons (Fsp3) is 0.929. The van der Waals surface area contributed by atoms with Gasteiger partial charge in [-0.1, -0.05) is 13.3 Å². The fourth-order valence-electron chi connectivity index (χ4n) is 1.68. The summed E-state index contributed by atoms with van der Waals surface area (Å²) in [5, 5.41) is 0. The Labute approximate surface area is 110 Å². The molecule has 4 heteroatoms. The van der Waals surface area contributed by atoms with Crippen LogP contribution in [-0.2, 0) is 19.0 Å².